The van der Waals surface area contributed by atoms with Crippen LogP contribution in [0.15, 0.2) is 5.51 Å². The van der Waals surface area contributed by atoms with Crippen LogP contribution in [0, 0.1) is 0 Å². The Hall–Kier alpha value is -2.03. The van der Waals surface area contributed by atoms with Gasteiger partial charge in [0.25, 0.3) is 5.91 Å². The Kier molecular flexibility index (Phi) is 4.06. The molecule has 0 unspecified atom stereocenters. The van der Waals surface area contributed by atoms with Gasteiger partial charge in [0, 0.05) is 13.0 Å². The minimum atomic E-state index is -0.731. The third-order valence-electron chi connectivity index (χ3n) is 4.12. The molecule has 0 aromatic carbocycles. The number of nitrogens with zero attached hydrogens (tertiary/aromatic N) is 3. The second kappa shape index (κ2) is 5.99. The molecular formula is C13H17N5O3S. The van der Waals surface area contributed by atoms with Gasteiger partial charge in [0.1, 0.15) is 11.0 Å². The van der Waals surface area contributed by atoms with Crippen molar-refractivity contribution >= 4 is 34.3 Å². The monoisotopic (exact) mass is 323 g/mol. The zero-order chi connectivity index (χ0) is 15.6. The van der Waals surface area contributed by atoms with E-state index in [0.717, 1.165) is 24.2 Å². The summed E-state index contributed by atoms with van der Waals surface area (Å²) in [4.78, 5) is 37.5. The average Bonchev–Trinajstić information content (AvgIpc) is 3.07. The molecule has 2 fully saturated rings. The van der Waals surface area contributed by atoms with Gasteiger partial charge in [0.15, 0.2) is 0 Å². The molecule has 2 aliphatic rings. The highest BCUT2D eigenvalue weighted by atomic mass is 32.1. The summed E-state index contributed by atoms with van der Waals surface area (Å²) < 4.78 is 0. The molecule has 1 saturated carbocycles. The van der Waals surface area contributed by atoms with E-state index in [1.807, 2.05) is 0 Å². The maximum absolute atomic E-state index is 12.5. The predicted molar refractivity (Wildman–Crippen MR) is 79.2 cm³/mol. The summed E-state index contributed by atoms with van der Waals surface area (Å²) >= 11 is 1.21. The molecule has 2 heterocycles. The molecule has 0 radical (unpaired) electrons. The summed E-state index contributed by atoms with van der Waals surface area (Å²) in [6, 6.07) is -0.393. The van der Waals surface area contributed by atoms with Crippen LogP contribution < -0.4 is 10.6 Å². The molecule has 1 saturated heterocycles. The summed E-state index contributed by atoms with van der Waals surface area (Å²) in [5.41, 5.74) is 0.783. The first-order valence-corrected chi connectivity index (χ1v) is 8.19. The lowest BCUT2D eigenvalue weighted by molar-refractivity contribution is -0.132. The Balaban J connectivity index is 1.57. The minimum absolute atomic E-state index is 0.0504. The molecule has 0 atom stereocenters. The fraction of sp³-hybridized carbons (Fsp3) is 0.615. The quantitative estimate of drug-likeness (QED) is 0.808. The van der Waals surface area contributed by atoms with E-state index in [2.05, 4.69) is 20.8 Å². The van der Waals surface area contributed by atoms with Crippen LogP contribution in [0.25, 0.3) is 0 Å². The van der Waals surface area contributed by atoms with Crippen molar-refractivity contribution < 1.29 is 14.4 Å². The fourth-order valence-electron chi connectivity index (χ4n) is 3.00. The van der Waals surface area contributed by atoms with Crippen molar-refractivity contribution in [3.05, 3.63) is 5.51 Å². The third-order valence-corrected chi connectivity index (χ3v) is 4.73. The number of aromatic nitrogens is 2. The predicted octanol–water partition coefficient (Wildman–Crippen LogP) is 1.12. The lowest BCUT2D eigenvalue weighted by Gasteiger charge is -2.30. The summed E-state index contributed by atoms with van der Waals surface area (Å²) in [6.07, 6.45) is 4.40. The molecule has 4 amide bonds. The number of nitrogens with one attached hydrogen (secondary N) is 2. The highest BCUT2D eigenvalue weighted by molar-refractivity contribution is 7.13. The SMILES string of the molecule is O=C(CCN1C(=O)NC2(CCCCC2)C1=O)Nc1nncs1. The zero-order valence-electron chi connectivity index (χ0n) is 12.0. The Morgan fingerprint density at radius 2 is 2.14 bits per heavy atom. The van der Waals surface area contributed by atoms with E-state index in [9.17, 15) is 14.4 Å². The van der Waals surface area contributed by atoms with Crippen LogP contribution in [0.1, 0.15) is 38.5 Å². The van der Waals surface area contributed by atoms with Gasteiger partial charge in [-0.05, 0) is 12.8 Å². The van der Waals surface area contributed by atoms with Crippen molar-refractivity contribution in [1.82, 2.24) is 20.4 Å². The van der Waals surface area contributed by atoms with E-state index in [4.69, 9.17) is 0 Å². The van der Waals surface area contributed by atoms with E-state index in [1.54, 1.807) is 0 Å². The normalized spacial score (nSPS) is 20.3. The number of rotatable bonds is 4. The van der Waals surface area contributed by atoms with Crippen LogP contribution in [-0.4, -0.2) is 45.0 Å². The second-order valence-electron chi connectivity index (χ2n) is 5.57. The number of carbonyl (C=O) groups excluding carboxylic acids is 3. The molecule has 1 aromatic heterocycles. The molecule has 8 nitrogen and oxygen atoms in total. The standard InChI is InChI=1S/C13H17N5O3S/c19-9(15-11-17-14-8-22-11)4-7-18-10(20)13(16-12(18)21)5-2-1-3-6-13/h8H,1-7H2,(H,16,21)(H,15,17,19). The van der Waals surface area contributed by atoms with Crippen molar-refractivity contribution in [1.29, 1.82) is 0 Å². The van der Waals surface area contributed by atoms with Gasteiger partial charge in [-0.25, -0.2) is 4.79 Å². The van der Waals surface area contributed by atoms with Gasteiger partial charge in [-0.1, -0.05) is 30.6 Å². The molecule has 2 N–H and O–H groups in total. The topological polar surface area (TPSA) is 104 Å². The van der Waals surface area contributed by atoms with Gasteiger partial charge >= 0.3 is 6.03 Å². The van der Waals surface area contributed by atoms with Gasteiger partial charge in [0.2, 0.25) is 11.0 Å². The molecule has 1 aliphatic heterocycles. The van der Waals surface area contributed by atoms with Gasteiger partial charge in [-0.3, -0.25) is 14.5 Å². The average molecular weight is 323 g/mol. The summed E-state index contributed by atoms with van der Waals surface area (Å²) in [5.74, 6) is -0.483. The molecule has 1 aromatic rings. The Morgan fingerprint density at radius 3 is 2.82 bits per heavy atom. The van der Waals surface area contributed by atoms with Crippen LogP contribution in [-0.2, 0) is 9.59 Å². The number of hydrogen-bond acceptors (Lipinski definition) is 6. The highest BCUT2D eigenvalue weighted by Crippen LogP contribution is 2.33. The van der Waals surface area contributed by atoms with E-state index in [-0.39, 0.29) is 24.8 Å². The Labute approximate surface area is 131 Å². The van der Waals surface area contributed by atoms with Crippen LogP contribution in [0.3, 0.4) is 0 Å². The van der Waals surface area contributed by atoms with E-state index in [1.165, 1.54) is 16.8 Å². The molecule has 0 bridgehead atoms. The number of imide groups is 1. The van der Waals surface area contributed by atoms with Crippen LogP contribution in [0.4, 0.5) is 9.93 Å². The third kappa shape index (κ3) is 2.80. The van der Waals surface area contributed by atoms with Crippen molar-refractivity contribution in [3.8, 4) is 0 Å². The van der Waals surface area contributed by atoms with Gasteiger partial charge in [-0.2, -0.15) is 0 Å². The van der Waals surface area contributed by atoms with Crippen molar-refractivity contribution in [3.63, 3.8) is 0 Å². The lowest BCUT2D eigenvalue weighted by Crippen LogP contribution is -2.48. The van der Waals surface area contributed by atoms with Crippen molar-refractivity contribution in [2.75, 3.05) is 11.9 Å². The smallest absolute Gasteiger partial charge is 0.323 e. The molecule has 118 valence electrons. The van der Waals surface area contributed by atoms with Crippen LogP contribution >= 0.6 is 11.3 Å². The first-order chi connectivity index (χ1) is 10.6. The van der Waals surface area contributed by atoms with E-state index in [0.29, 0.717) is 18.0 Å². The van der Waals surface area contributed by atoms with E-state index < -0.39 is 11.6 Å². The van der Waals surface area contributed by atoms with Crippen LogP contribution in [0.5, 0.6) is 0 Å². The molecule has 1 spiro atoms. The second-order valence-corrected chi connectivity index (χ2v) is 6.40. The maximum Gasteiger partial charge on any atom is 0.325 e. The van der Waals surface area contributed by atoms with Crippen molar-refractivity contribution in [2.24, 2.45) is 0 Å². The molecule has 22 heavy (non-hydrogen) atoms. The Morgan fingerprint density at radius 1 is 1.36 bits per heavy atom. The number of urea groups is 1. The molecule has 9 heteroatoms. The van der Waals surface area contributed by atoms with Crippen LogP contribution in [0.2, 0.25) is 0 Å². The van der Waals surface area contributed by atoms with Gasteiger partial charge in [-0.15, -0.1) is 10.2 Å². The molecule has 3 rings (SSSR count). The molecular weight excluding hydrogens is 306 g/mol. The van der Waals surface area contributed by atoms with Crippen molar-refractivity contribution in [2.45, 2.75) is 44.1 Å². The summed E-state index contributed by atoms with van der Waals surface area (Å²) in [5, 5.41) is 13.1. The first kappa shape index (κ1) is 14.9. The minimum Gasteiger partial charge on any atom is -0.323 e. The summed E-state index contributed by atoms with van der Waals surface area (Å²) in [6.45, 7) is 0.0804. The summed E-state index contributed by atoms with van der Waals surface area (Å²) in [7, 11) is 0. The number of hydrogen-bond donors (Lipinski definition) is 2. The zero-order valence-corrected chi connectivity index (χ0v) is 12.8. The fourth-order valence-corrected chi connectivity index (χ4v) is 3.46. The Bertz CT molecular complexity index is 583. The molecule has 1 aliphatic carbocycles. The highest BCUT2D eigenvalue weighted by Gasteiger charge is 2.50. The first-order valence-electron chi connectivity index (χ1n) is 7.31. The lowest BCUT2D eigenvalue weighted by atomic mass is 9.82. The number of amides is 4. The van der Waals surface area contributed by atoms with Gasteiger partial charge < -0.3 is 10.6 Å². The maximum atomic E-state index is 12.5. The van der Waals surface area contributed by atoms with E-state index >= 15 is 0 Å². The largest absolute Gasteiger partial charge is 0.325 e. The van der Waals surface area contributed by atoms with Gasteiger partial charge in [0.05, 0.1) is 0 Å². The number of anilines is 1. The number of carbonyl (C=O) groups is 3.